The summed E-state index contributed by atoms with van der Waals surface area (Å²) in [5.74, 6) is -0.254. The number of carbonyl (C=O) groups excluding carboxylic acids is 1. The van der Waals surface area contributed by atoms with Crippen LogP contribution in [0.2, 0.25) is 0 Å². The van der Waals surface area contributed by atoms with Crippen molar-refractivity contribution in [2.45, 2.75) is 6.92 Å². The smallest absolute Gasteiger partial charge is 0.256 e. The van der Waals surface area contributed by atoms with Crippen molar-refractivity contribution in [2.24, 2.45) is 0 Å². The minimum atomic E-state index is -0.254. The second-order valence-electron chi connectivity index (χ2n) is 4.19. The van der Waals surface area contributed by atoms with Crippen molar-refractivity contribution in [3.63, 3.8) is 0 Å². The third-order valence-electron chi connectivity index (χ3n) is 2.79. The third kappa shape index (κ3) is 3.09. The molecule has 0 aliphatic rings. The molecule has 0 radical (unpaired) electrons. The van der Waals surface area contributed by atoms with Crippen LogP contribution in [-0.4, -0.2) is 5.91 Å². The van der Waals surface area contributed by atoms with Gasteiger partial charge < -0.3 is 5.32 Å². The summed E-state index contributed by atoms with van der Waals surface area (Å²) in [4.78, 5) is 12.3. The zero-order valence-electron chi connectivity index (χ0n) is 10.6. The van der Waals surface area contributed by atoms with Gasteiger partial charge in [-0.2, -0.15) is 5.26 Å². The molecule has 0 atom stereocenters. The molecule has 0 bridgehead atoms. The van der Waals surface area contributed by atoms with Gasteiger partial charge in [-0.05, 0) is 52.7 Å². The van der Waals surface area contributed by atoms with E-state index >= 15 is 0 Å². The molecule has 3 nitrogen and oxygen atoms in total. The topological polar surface area (TPSA) is 52.9 Å². The fourth-order valence-electron chi connectivity index (χ4n) is 1.73. The average molecular weight is 394 g/mol. The van der Waals surface area contributed by atoms with Gasteiger partial charge in [-0.3, -0.25) is 4.79 Å². The van der Waals surface area contributed by atoms with E-state index in [0.717, 1.165) is 14.5 Å². The molecule has 1 amide bonds. The summed E-state index contributed by atoms with van der Waals surface area (Å²) in [7, 11) is 0. The Bertz CT molecular complexity index is 720. The van der Waals surface area contributed by atoms with Crippen molar-refractivity contribution in [1.29, 1.82) is 5.26 Å². The first-order valence-corrected chi connectivity index (χ1v) is 7.37. The highest BCUT2D eigenvalue weighted by Gasteiger charge is 2.13. The molecule has 20 heavy (non-hydrogen) atoms. The summed E-state index contributed by atoms with van der Waals surface area (Å²) in [6, 6.07) is 12.7. The van der Waals surface area contributed by atoms with E-state index in [4.69, 9.17) is 5.26 Å². The van der Waals surface area contributed by atoms with Crippen LogP contribution in [0.15, 0.2) is 45.3 Å². The Morgan fingerprint density at radius 3 is 2.70 bits per heavy atom. The molecule has 1 N–H and O–H groups in total. The molecule has 5 heteroatoms. The van der Waals surface area contributed by atoms with Crippen molar-refractivity contribution < 1.29 is 4.79 Å². The number of nitrogens with one attached hydrogen (secondary N) is 1. The minimum Gasteiger partial charge on any atom is -0.321 e. The molecular weight excluding hydrogens is 384 g/mol. The molecular formula is C15H10Br2N2O. The normalized spacial score (nSPS) is 9.90. The quantitative estimate of drug-likeness (QED) is 0.807. The van der Waals surface area contributed by atoms with Gasteiger partial charge in [0.25, 0.3) is 5.91 Å². The second-order valence-corrected chi connectivity index (χ2v) is 5.90. The number of aryl methyl sites for hydroxylation is 1. The van der Waals surface area contributed by atoms with Crippen molar-refractivity contribution >= 4 is 43.5 Å². The lowest BCUT2D eigenvalue weighted by Gasteiger charge is -2.10. The monoisotopic (exact) mass is 392 g/mol. The van der Waals surface area contributed by atoms with Crippen LogP contribution in [0.5, 0.6) is 0 Å². The Morgan fingerprint density at radius 2 is 2.00 bits per heavy atom. The van der Waals surface area contributed by atoms with Crippen molar-refractivity contribution in [1.82, 2.24) is 0 Å². The molecule has 0 unspecified atom stereocenters. The van der Waals surface area contributed by atoms with E-state index in [0.29, 0.717) is 16.8 Å². The molecule has 2 aromatic carbocycles. The Balaban J connectivity index is 2.35. The zero-order chi connectivity index (χ0) is 14.7. The van der Waals surface area contributed by atoms with Gasteiger partial charge in [0.05, 0.1) is 16.8 Å². The Morgan fingerprint density at radius 1 is 1.25 bits per heavy atom. The third-order valence-corrected chi connectivity index (χ3v) is 4.33. The van der Waals surface area contributed by atoms with Crippen LogP contribution in [0, 0.1) is 18.3 Å². The number of hydrogen-bond donors (Lipinski definition) is 1. The molecule has 0 heterocycles. The van der Waals surface area contributed by atoms with E-state index in [-0.39, 0.29) is 5.91 Å². The number of hydrogen-bond acceptors (Lipinski definition) is 2. The van der Waals surface area contributed by atoms with Crippen molar-refractivity contribution in [3.8, 4) is 6.07 Å². The molecule has 0 aromatic heterocycles. The second kappa shape index (κ2) is 6.21. The molecule has 0 saturated heterocycles. The fourth-order valence-corrected chi connectivity index (χ4v) is 2.54. The first kappa shape index (κ1) is 14.8. The van der Waals surface area contributed by atoms with Crippen molar-refractivity contribution in [3.05, 3.63) is 62.0 Å². The molecule has 0 saturated carbocycles. The number of rotatable bonds is 2. The highest BCUT2D eigenvalue weighted by Crippen LogP contribution is 2.25. The standard InChI is InChI=1S/C15H10Br2N2O/c1-9-3-2-4-12(14(9)17)15(20)19-13-7-11(16)6-5-10(13)8-18/h2-7H,1H3,(H,19,20). The van der Waals surface area contributed by atoms with Crippen LogP contribution >= 0.6 is 31.9 Å². The minimum absolute atomic E-state index is 0.254. The van der Waals surface area contributed by atoms with Gasteiger partial charge in [0.1, 0.15) is 6.07 Å². The lowest BCUT2D eigenvalue weighted by Crippen LogP contribution is -2.14. The van der Waals surface area contributed by atoms with Gasteiger partial charge in [0, 0.05) is 8.95 Å². The summed E-state index contributed by atoms with van der Waals surface area (Å²) in [5, 5.41) is 11.8. The van der Waals surface area contributed by atoms with Gasteiger partial charge in [-0.25, -0.2) is 0 Å². The maximum Gasteiger partial charge on any atom is 0.256 e. The average Bonchev–Trinajstić information content (AvgIpc) is 2.42. The largest absolute Gasteiger partial charge is 0.321 e. The zero-order valence-corrected chi connectivity index (χ0v) is 13.7. The molecule has 2 aromatic rings. The number of carbonyl (C=O) groups is 1. The SMILES string of the molecule is Cc1cccc(C(=O)Nc2cc(Br)ccc2C#N)c1Br. The highest BCUT2D eigenvalue weighted by molar-refractivity contribution is 9.10. The van der Waals surface area contributed by atoms with E-state index in [9.17, 15) is 4.79 Å². The van der Waals surface area contributed by atoms with E-state index in [1.807, 2.05) is 19.1 Å². The first-order chi connectivity index (χ1) is 9.52. The van der Waals surface area contributed by atoms with Crippen LogP contribution < -0.4 is 5.32 Å². The Hall–Kier alpha value is -1.64. The van der Waals surface area contributed by atoms with Gasteiger partial charge in [-0.15, -0.1) is 0 Å². The van der Waals surface area contributed by atoms with E-state index in [1.54, 1.807) is 24.3 Å². The lowest BCUT2D eigenvalue weighted by molar-refractivity contribution is 0.102. The summed E-state index contributed by atoms with van der Waals surface area (Å²) >= 11 is 6.74. The van der Waals surface area contributed by atoms with Gasteiger partial charge in [0.2, 0.25) is 0 Å². The molecule has 0 fully saturated rings. The van der Waals surface area contributed by atoms with E-state index < -0.39 is 0 Å². The van der Waals surface area contributed by atoms with Crippen LogP contribution in [0.4, 0.5) is 5.69 Å². The van der Waals surface area contributed by atoms with Gasteiger partial charge in [-0.1, -0.05) is 28.1 Å². The van der Waals surface area contributed by atoms with Crippen LogP contribution in [0.1, 0.15) is 21.5 Å². The van der Waals surface area contributed by atoms with Gasteiger partial charge in [0.15, 0.2) is 0 Å². The molecule has 0 aliphatic carbocycles. The first-order valence-electron chi connectivity index (χ1n) is 5.79. The number of nitrogens with zero attached hydrogens (tertiary/aromatic N) is 1. The number of anilines is 1. The Labute approximate surface area is 133 Å². The number of benzene rings is 2. The van der Waals surface area contributed by atoms with Gasteiger partial charge >= 0.3 is 0 Å². The van der Waals surface area contributed by atoms with Crippen LogP contribution in [-0.2, 0) is 0 Å². The number of halogens is 2. The summed E-state index contributed by atoms with van der Waals surface area (Å²) in [6.45, 7) is 1.92. The molecule has 0 spiro atoms. The predicted molar refractivity (Wildman–Crippen MR) is 85.7 cm³/mol. The van der Waals surface area contributed by atoms with E-state index in [2.05, 4.69) is 43.2 Å². The molecule has 2 rings (SSSR count). The maximum atomic E-state index is 12.3. The number of amides is 1. The highest BCUT2D eigenvalue weighted by atomic mass is 79.9. The van der Waals surface area contributed by atoms with E-state index in [1.165, 1.54) is 0 Å². The number of nitriles is 1. The Kier molecular flexibility index (Phi) is 4.58. The van der Waals surface area contributed by atoms with Crippen molar-refractivity contribution in [2.75, 3.05) is 5.32 Å². The summed E-state index contributed by atoms with van der Waals surface area (Å²) in [6.07, 6.45) is 0. The summed E-state index contributed by atoms with van der Waals surface area (Å²) in [5.41, 5.74) is 2.42. The lowest BCUT2D eigenvalue weighted by atomic mass is 10.1. The van der Waals surface area contributed by atoms with Crippen LogP contribution in [0.25, 0.3) is 0 Å². The molecule has 0 aliphatic heterocycles. The van der Waals surface area contributed by atoms with Crippen LogP contribution in [0.3, 0.4) is 0 Å². The molecule has 100 valence electrons. The fraction of sp³-hybridized carbons (Fsp3) is 0.0667. The predicted octanol–water partition coefficient (Wildman–Crippen LogP) is 4.64. The maximum absolute atomic E-state index is 12.3. The summed E-state index contributed by atoms with van der Waals surface area (Å²) < 4.78 is 1.56.